The summed E-state index contributed by atoms with van der Waals surface area (Å²) in [7, 11) is 1.71. The average Bonchev–Trinajstić information content (AvgIpc) is 2.58. The van der Waals surface area contributed by atoms with Gasteiger partial charge in [0.25, 0.3) is 5.56 Å². The Kier molecular flexibility index (Phi) is 6.86. The van der Waals surface area contributed by atoms with E-state index in [9.17, 15) is 9.59 Å². The van der Waals surface area contributed by atoms with Crippen LogP contribution in [0.15, 0.2) is 16.0 Å². The molecule has 0 spiro atoms. The van der Waals surface area contributed by atoms with Crippen LogP contribution in [-0.2, 0) is 11.8 Å². The van der Waals surface area contributed by atoms with Crippen molar-refractivity contribution >= 4 is 17.7 Å². The van der Waals surface area contributed by atoms with Gasteiger partial charge in [-0.15, -0.1) is 0 Å². The van der Waals surface area contributed by atoms with Crippen LogP contribution in [0.25, 0.3) is 0 Å². The van der Waals surface area contributed by atoms with Gasteiger partial charge in [-0.1, -0.05) is 32.0 Å². The lowest BCUT2D eigenvalue weighted by Gasteiger charge is -2.35. The molecule has 7 heteroatoms. The fourth-order valence-electron chi connectivity index (χ4n) is 2.84. The first-order valence-electron chi connectivity index (χ1n) is 8.68. The molecule has 2 heterocycles. The van der Waals surface area contributed by atoms with Crippen LogP contribution >= 0.6 is 11.8 Å². The number of carbonyl (C=O) groups is 1. The van der Waals surface area contributed by atoms with Gasteiger partial charge in [0.2, 0.25) is 5.91 Å². The number of piperazine rings is 1. The number of aromatic nitrogens is 2. The van der Waals surface area contributed by atoms with Crippen molar-refractivity contribution in [2.24, 2.45) is 7.05 Å². The van der Waals surface area contributed by atoms with E-state index in [2.05, 4.69) is 23.7 Å². The number of carbonyl (C=O) groups excluding carboxylic acids is 1. The molecule has 1 atom stereocenters. The fourth-order valence-corrected chi connectivity index (χ4v) is 4.15. The van der Waals surface area contributed by atoms with E-state index in [-0.39, 0.29) is 16.7 Å². The van der Waals surface area contributed by atoms with E-state index in [1.807, 2.05) is 11.8 Å². The van der Waals surface area contributed by atoms with Crippen molar-refractivity contribution in [3.05, 3.63) is 22.1 Å². The number of hydrogen-bond donors (Lipinski definition) is 0. The summed E-state index contributed by atoms with van der Waals surface area (Å²) in [6.07, 6.45) is 1.72. The number of amides is 1. The molecular weight excluding hydrogens is 324 g/mol. The number of likely N-dealkylation sites (N-methyl/N-ethyl adjacent to an activating group) is 1. The zero-order valence-corrected chi connectivity index (χ0v) is 15.9. The molecule has 1 saturated heterocycles. The lowest BCUT2D eigenvalue weighted by Crippen LogP contribution is -2.50. The fraction of sp³-hybridized carbons (Fsp3) is 0.706. The molecule has 1 fully saturated rings. The van der Waals surface area contributed by atoms with Crippen molar-refractivity contribution in [3.63, 3.8) is 0 Å². The molecular formula is C17H28N4O2S. The summed E-state index contributed by atoms with van der Waals surface area (Å²) in [5.41, 5.74) is 0.615. The molecule has 0 aliphatic carbocycles. The Labute approximate surface area is 148 Å². The van der Waals surface area contributed by atoms with Crippen LogP contribution in [0, 0.1) is 6.92 Å². The van der Waals surface area contributed by atoms with Gasteiger partial charge >= 0.3 is 0 Å². The Morgan fingerprint density at radius 1 is 1.29 bits per heavy atom. The highest BCUT2D eigenvalue weighted by atomic mass is 32.2. The zero-order valence-electron chi connectivity index (χ0n) is 15.1. The molecule has 1 aromatic rings. The van der Waals surface area contributed by atoms with Crippen LogP contribution in [0.4, 0.5) is 0 Å². The Hall–Kier alpha value is -1.34. The largest absolute Gasteiger partial charge is 0.339 e. The summed E-state index contributed by atoms with van der Waals surface area (Å²) in [6.45, 7) is 10.5. The summed E-state index contributed by atoms with van der Waals surface area (Å²) >= 11 is 1.42. The average molecular weight is 353 g/mol. The normalized spacial score (nSPS) is 17.1. The van der Waals surface area contributed by atoms with Crippen LogP contribution in [0.2, 0.25) is 0 Å². The Morgan fingerprint density at radius 3 is 2.54 bits per heavy atom. The second kappa shape index (κ2) is 8.67. The number of nitrogens with zero attached hydrogens (tertiary/aromatic N) is 4. The lowest BCUT2D eigenvalue weighted by molar-refractivity contribution is -0.132. The molecule has 1 unspecified atom stereocenters. The molecule has 1 aromatic heterocycles. The van der Waals surface area contributed by atoms with E-state index in [0.29, 0.717) is 10.9 Å². The minimum Gasteiger partial charge on any atom is -0.339 e. The predicted molar refractivity (Wildman–Crippen MR) is 97.5 cm³/mol. The highest BCUT2D eigenvalue weighted by Gasteiger charge is 2.28. The maximum Gasteiger partial charge on any atom is 0.254 e. The van der Waals surface area contributed by atoms with Crippen LogP contribution in [0.3, 0.4) is 0 Å². The van der Waals surface area contributed by atoms with Crippen LogP contribution in [-0.4, -0.2) is 63.2 Å². The molecule has 6 nitrogen and oxygen atoms in total. The van der Waals surface area contributed by atoms with Gasteiger partial charge < -0.3 is 9.80 Å². The highest BCUT2D eigenvalue weighted by Crippen LogP contribution is 2.26. The zero-order chi connectivity index (χ0) is 17.7. The van der Waals surface area contributed by atoms with Crippen LogP contribution in [0.5, 0.6) is 0 Å². The summed E-state index contributed by atoms with van der Waals surface area (Å²) in [5.74, 6) is 0.174. The van der Waals surface area contributed by atoms with Crippen molar-refractivity contribution in [1.29, 1.82) is 0 Å². The Morgan fingerprint density at radius 2 is 1.96 bits per heavy atom. The summed E-state index contributed by atoms with van der Waals surface area (Å²) in [5, 5.41) is 0.446. The van der Waals surface area contributed by atoms with Crippen molar-refractivity contribution in [1.82, 2.24) is 19.4 Å². The maximum absolute atomic E-state index is 12.9. The first-order valence-corrected chi connectivity index (χ1v) is 9.56. The summed E-state index contributed by atoms with van der Waals surface area (Å²) in [4.78, 5) is 33.7. The second-order valence-corrected chi connectivity index (χ2v) is 7.40. The SMILES string of the molecule is CCCC(Sc1nc(C)cc(=O)n1C)C(=O)N1CCN(CC)CC1. The Balaban J connectivity index is 2.12. The molecule has 0 N–H and O–H groups in total. The Bertz CT molecular complexity index is 624. The van der Waals surface area contributed by atoms with E-state index in [1.165, 1.54) is 22.4 Å². The predicted octanol–water partition coefficient (Wildman–Crippen LogP) is 1.51. The maximum atomic E-state index is 12.9. The van der Waals surface area contributed by atoms with Gasteiger partial charge in [-0.25, -0.2) is 4.98 Å². The lowest BCUT2D eigenvalue weighted by atomic mass is 10.2. The summed E-state index contributed by atoms with van der Waals surface area (Å²) in [6, 6.07) is 1.52. The van der Waals surface area contributed by atoms with Crippen LogP contribution in [0.1, 0.15) is 32.4 Å². The van der Waals surface area contributed by atoms with Gasteiger partial charge in [0.05, 0.1) is 5.25 Å². The van der Waals surface area contributed by atoms with Gasteiger partial charge in [-0.05, 0) is 19.9 Å². The summed E-state index contributed by atoms with van der Waals surface area (Å²) < 4.78 is 1.53. The van der Waals surface area contributed by atoms with Gasteiger partial charge in [0.15, 0.2) is 5.16 Å². The third-order valence-electron chi connectivity index (χ3n) is 4.43. The third kappa shape index (κ3) is 4.60. The van der Waals surface area contributed by atoms with Gasteiger partial charge in [0, 0.05) is 45.0 Å². The second-order valence-electron chi connectivity index (χ2n) is 6.23. The molecule has 24 heavy (non-hydrogen) atoms. The van der Waals surface area contributed by atoms with E-state index in [0.717, 1.165) is 45.6 Å². The van der Waals surface area contributed by atoms with E-state index in [1.54, 1.807) is 7.05 Å². The molecule has 0 aromatic carbocycles. The number of aryl methyl sites for hydroxylation is 1. The van der Waals surface area contributed by atoms with Crippen molar-refractivity contribution in [2.45, 2.75) is 44.0 Å². The standard InChI is InChI=1S/C17H28N4O2S/c1-5-7-14(16(23)21-10-8-20(6-2)9-11-21)24-17-18-13(3)12-15(22)19(17)4/h12,14H,5-11H2,1-4H3. The molecule has 2 rings (SSSR count). The molecule has 1 amide bonds. The van der Waals surface area contributed by atoms with Gasteiger partial charge in [-0.3, -0.25) is 14.2 Å². The smallest absolute Gasteiger partial charge is 0.254 e. The van der Waals surface area contributed by atoms with Gasteiger partial charge in [-0.2, -0.15) is 0 Å². The number of thioether (sulfide) groups is 1. The number of rotatable bonds is 6. The van der Waals surface area contributed by atoms with Crippen LogP contribution < -0.4 is 5.56 Å². The number of hydrogen-bond acceptors (Lipinski definition) is 5. The van der Waals surface area contributed by atoms with E-state index in [4.69, 9.17) is 0 Å². The first kappa shape index (κ1) is 19.0. The molecule has 1 aliphatic heterocycles. The molecule has 134 valence electrons. The van der Waals surface area contributed by atoms with Crippen molar-refractivity contribution in [3.8, 4) is 0 Å². The topological polar surface area (TPSA) is 58.4 Å². The van der Waals surface area contributed by atoms with Crippen molar-refractivity contribution < 1.29 is 4.79 Å². The molecule has 1 aliphatic rings. The third-order valence-corrected chi connectivity index (χ3v) is 5.72. The minimum atomic E-state index is -0.178. The van der Waals surface area contributed by atoms with Gasteiger partial charge in [0.1, 0.15) is 0 Å². The minimum absolute atomic E-state index is 0.0794. The van der Waals surface area contributed by atoms with E-state index < -0.39 is 0 Å². The first-order chi connectivity index (χ1) is 11.5. The van der Waals surface area contributed by atoms with Crippen molar-refractivity contribution in [2.75, 3.05) is 32.7 Å². The molecule has 0 radical (unpaired) electrons. The molecule has 0 saturated carbocycles. The molecule has 0 bridgehead atoms. The monoisotopic (exact) mass is 352 g/mol. The van der Waals surface area contributed by atoms with E-state index >= 15 is 0 Å². The quantitative estimate of drug-likeness (QED) is 0.574. The highest BCUT2D eigenvalue weighted by molar-refractivity contribution is 8.00.